The topological polar surface area (TPSA) is 49.9 Å². The fourth-order valence-corrected chi connectivity index (χ4v) is 3.60. The summed E-state index contributed by atoms with van der Waals surface area (Å²) < 4.78 is 33.5. The molecule has 2 aromatic rings. The smallest absolute Gasteiger partial charge is 0.259 e. The van der Waals surface area contributed by atoms with E-state index >= 15 is 0 Å². The highest BCUT2D eigenvalue weighted by Gasteiger charge is 2.27. The van der Waals surface area contributed by atoms with Gasteiger partial charge in [-0.05, 0) is 56.0 Å². The number of ether oxygens (including phenoxy) is 1. The summed E-state index contributed by atoms with van der Waals surface area (Å²) in [4.78, 5) is 28.0. The van der Waals surface area contributed by atoms with Crippen molar-refractivity contribution < 1.29 is 23.1 Å². The summed E-state index contributed by atoms with van der Waals surface area (Å²) in [6.45, 7) is 5.81. The Morgan fingerprint density at radius 3 is 2.26 bits per heavy atom. The van der Waals surface area contributed by atoms with Crippen LogP contribution in [-0.2, 0) is 4.79 Å². The number of aryl methyl sites for hydroxylation is 2. The number of halogens is 2. The monoisotopic (exact) mass is 430 g/mol. The standard InChI is InChI=1S/C24H28F2N2O3/c1-17-9-10-18(2)21(16-17)31-15-4-3-8-22(29)27-11-13-28(14-12-27)24(30)23-19(25)6-5-7-20(23)26/h5-7,9-10,16H,3-4,8,11-15H2,1-2H3. The Hall–Kier alpha value is -2.96. The molecule has 0 aliphatic carbocycles. The van der Waals surface area contributed by atoms with Gasteiger partial charge in [0.05, 0.1) is 6.61 Å². The number of piperazine rings is 1. The van der Waals surface area contributed by atoms with Crippen LogP contribution in [0.2, 0.25) is 0 Å². The Bertz CT molecular complexity index is 920. The number of carbonyl (C=O) groups excluding carboxylic acids is 2. The van der Waals surface area contributed by atoms with Crippen molar-refractivity contribution in [2.75, 3.05) is 32.8 Å². The third-order valence-electron chi connectivity index (χ3n) is 5.48. The van der Waals surface area contributed by atoms with Gasteiger partial charge in [-0.15, -0.1) is 0 Å². The lowest BCUT2D eigenvalue weighted by Gasteiger charge is -2.35. The lowest BCUT2D eigenvalue weighted by Crippen LogP contribution is -2.50. The zero-order valence-electron chi connectivity index (χ0n) is 18.0. The van der Waals surface area contributed by atoms with Gasteiger partial charge in [0, 0.05) is 32.6 Å². The van der Waals surface area contributed by atoms with E-state index in [0.717, 1.165) is 35.4 Å². The zero-order chi connectivity index (χ0) is 22.4. The number of rotatable bonds is 7. The highest BCUT2D eigenvalue weighted by molar-refractivity contribution is 5.95. The number of unbranched alkanes of at least 4 members (excludes halogenated alkanes) is 1. The number of benzene rings is 2. The molecule has 0 unspecified atom stereocenters. The minimum Gasteiger partial charge on any atom is -0.493 e. The fraction of sp³-hybridized carbons (Fsp3) is 0.417. The minimum absolute atomic E-state index is 0.0240. The number of nitrogens with zero attached hydrogens (tertiary/aromatic N) is 2. The van der Waals surface area contributed by atoms with Crippen LogP contribution < -0.4 is 4.74 Å². The number of hydrogen-bond acceptors (Lipinski definition) is 3. The van der Waals surface area contributed by atoms with E-state index in [2.05, 4.69) is 0 Å². The maximum atomic E-state index is 13.9. The molecule has 166 valence electrons. The molecule has 0 radical (unpaired) electrons. The molecular weight excluding hydrogens is 402 g/mol. The second-order valence-electron chi connectivity index (χ2n) is 7.84. The predicted octanol–water partition coefficient (Wildman–Crippen LogP) is 4.12. The van der Waals surface area contributed by atoms with Crippen molar-refractivity contribution in [2.45, 2.75) is 33.1 Å². The van der Waals surface area contributed by atoms with Crippen molar-refractivity contribution in [3.05, 3.63) is 64.7 Å². The van der Waals surface area contributed by atoms with E-state index in [9.17, 15) is 18.4 Å². The fourth-order valence-electron chi connectivity index (χ4n) is 3.60. The Kier molecular flexibility index (Phi) is 7.60. The summed E-state index contributed by atoms with van der Waals surface area (Å²) >= 11 is 0. The number of amides is 2. The summed E-state index contributed by atoms with van der Waals surface area (Å²) in [6.07, 6.45) is 1.89. The summed E-state index contributed by atoms with van der Waals surface area (Å²) in [5, 5.41) is 0. The van der Waals surface area contributed by atoms with Gasteiger partial charge in [-0.25, -0.2) is 8.78 Å². The Morgan fingerprint density at radius 1 is 0.935 bits per heavy atom. The van der Waals surface area contributed by atoms with Crippen LogP contribution in [0.15, 0.2) is 36.4 Å². The van der Waals surface area contributed by atoms with Crippen LogP contribution in [-0.4, -0.2) is 54.4 Å². The highest BCUT2D eigenvalue weighted by Crippen LogP contribution is 2.20. The highest BCUT2D eigenvalue weighted by atomic mass is 19.1. The van der Waals surface area contributed by atoms with Gasteiger partial charge in [0.2, 0.25) is 5.91 Å². The van der Waals surface area contributed by atoms with E-state index in [-0.39, 0.29) is 19.0 Å². The molecule has 0 aromatic heterocycles. The Morgan fingerprint density at radius 2 is 1.58 bits per heavy atom. The van der Waals surface area contributed by atoms with E-state index < -0.39 is 23.1 Å². The third-order valence-corrected chi connectivity index (χ3v) is 5.48. The third kappa shape index (κ3) is 5.81. The second-order valence-corrected chi connectivity index (χ2v) is 7.84. The molecule has 0 N–H and O–H groups in total. The first-order valence-corrected chi connectivity index (χ1v) is 10.6. The molecule has 2 aromatic carbocycles. The molecule has 7 heteroatoms. The van der Waals surface area contributed by atoms with E-state index in [4.69, 9.17) is 4.74 Å². The summed E-state index contributed by atoms with van der Waals surface area (Å²) in [7, 11) is 0. The molecular formula is C24H28F2N2O3. The van der Waals surface area contributed by atoms with Gasteiger partial charge < -0.3 is 14.5 Å². The van der Waals surface area contributed by atoms with Crippen molar-refractivity contribution in [3.8, 4) is 5.75 Å². The first-order valence-electron chi connectivity index (χ1n) is 10.6. The molecule has 1 heterocycles. The molecule has 1 fully saturated rings. The molecule has 1 aliphatic heterocycles. The molecule has 0 bridgehead atoms. The summed E-state index contributed by atoms with van der Waals surface area (Å²) in [6, 6.07) is 9.44. The average Bonchev–Trinajstić information content (AvgIpc) is 2.75. The quantitative estimate of drug-likeness (QED) is 0.621. The van der Waals surface area contributed by atoms with Gasteiger partial charge in [-0.3, -0.25) is 9.59 Å². The molecule has 2 amide bonds. The van der Waals surface area contributed by atoms with Crippen LogP contribution in [0, 0.1) is 25.5 Å². The van der Waals surface area contributed by atoms with Crippen LogP contribution in [0.5, 0.6) is 5.75 Å². The normalized spacial score (nSPS) is 13.9. The lowest BCUT2D eigenvalue weighted by molar-refractivity contribution is -0.132. The molecule has 0 spiro atoms. The predicted molar refractivity (Wildman–Crippen MR) is 114 cm³/mol. The lowest BCUT2D eigenvalue weighted by atomic mass is 10.1. The van der Waals surface area contributed by atoms with Gasteiger partial charge in [0.15, 0.2) is 0 Å². The van der Waals surface area contributed by atoms with Crippen LogP contribution in [0.25, 0.3) is 0 Å². The van der Waals surface area contributed by atoms with Crippen molar-refractivity contribution in [1.82, 2.24) is 9.80 Å². The maximum absolute atomic E-state index is 13.9. The SMILES string of the molecule is Cc1ccc(C)c(OCCCCC(=O)N2CCN(C(=O)c3c(F)cccc3F)CC2)c1. The summed E-state index contributed by atoms with van der Waals surface area (Å²) in [5.41, 5.74) is 1.70. The molecule has 0 saturated carbocycles. The van der Waals surface area contributed by atoms with E-state index in [1.807, 2.05) is 32.0 Å². The van der Waals surface area contributed by atoms with Crippen molar-refractivity contribution >= 4 is 11.8 Å². The largest absolute Gasteiger partial charge is 0.493 e. The van der Waals surface area contributed by atoms with Gasteiger partial charge >= 0.3 is 0 Å². The van der Waals surface area contributed by atoms with Gasteiger partial charge in [0.1, 0.15) is 22.9 Å². The van der Waals surface area contributed by atoms with Crippen LogP contribution >= 0.6 is 0 Å². The van der Waals surface area contributed by atoms with Gasteiger partial charge in [0.25, 0.3) is 5.91 Å². The molecule has 31 heavy (non-hydrogen) atoms. The van der Waals surface area contributed by atoms with Crippen molar-refractivity contribution in [3.63, 3.8) is 0 Å². The van der Waals surface area contributed by atoms with Crippen molar-refractivity contribution in [2.24, 2.45) is 0 Å². The van der Waals surface area contributed by atoms with Crippen LogP contribution in [0.4, 0.5) is 8.78 Å². The average molecular weight is 430 g/mol. The number of hydrogen-bond donors (Lipinski definition) is 0. The van der Waals surface area contributed by atoms with Crippen LogP contribution in [0.1, 0.15) is 40.7 Å². The van der Waals surface area contributed by atoms with Gasteiger partial charge in [-0.2, -0.15) is 0 Å². The van der Waals surface area contributed by atoms with Crippen molar-refractivity contribution in [1.29, 1.82) is 0 Å². The van der Waals surface area contributed by atoms with E-state index in [1.54, 1.807) is 4.90 Å². The Balaban J connectivity index is 1.39. The molecule has 1 aliphatic rings. The first kappa shape index (κ1) is 22.7. The summed E-state index contributed by atoms with van der Waals surface area (Å²) in [5.74, 6) is -1.52. The zero-order valence-corrected chi connectivity index (χ0v) is 18.0. The van der Waals surface area contributed by atoms with Gasteiger partial charge in [-0.1, -0.05) is 18.2 Å². The number of carbonyl (C=O) groups is 2. The Labute approximate surface area is 181 Å². The van der Waals surface area contributed by atoms with Crippen LogP contribution in [0.3, 0.4) is 0 Å². The van der Waals surface area contributed by atoms with E-state index in [1.165, 1.54) is 11.0 Å². The molecule has 5 nitrogen and oxygen atoms in total. The maximum Gasteiger partial charge on any atom is 0.259 e. The minimum atomic E-state index is -0.869. The first-order chi connectivity index (χ1) is 14.9. The molecule has 1 saturated heterocycles. The molecule has 0 atom stereocenters. The molecule has 3 rings (SSSR count). The van der Waals surface area contributed by atoms with E-state index in [0.29, 0.717) is 32.5 Å². The second kappa shape index (κ2) is 10.4.